The van der Waals surface area contributed by atoms with E-state index in [1.54, 1.807) is 5.01 Å². The lowest BCUT2D eigenvalue weighted by atomic mass is 10.1. The molecule has 2 rings (SSSR count). The summed E-state index contributed by atoms with van der Waals surface area (Å²) in [6.07, 6.45) is 2.10. The largest absolute Gasteiger partial charge is 0.253 e. The zero-order valence-electron chi connectivity index (χ0n) is 7.39. The molecule has 1 aliphatic rings. The maximum absolute atomic E-state index is 10.5. The van der Waals surface area contributed by atoms with Crippen LogP contribution in [0.15, 0.2) is 35.6 Å². The molecule has 3 heteroatoms. The third kappa shape index (κ3) is 1.54. The van der Waals surface area contributed by atoms with E-state index >= 15 is 0 Å². The summed E-state index contributed by atoms with van der Waals surface area (Å²) in [5.74, 6) is 0. The molecule has 1 saturated heterocycles. The van der Waals surface area contributed by atoms with E-state index in [4.69, 9.17) is 0 Å². The molecule has 68 valence electrons. The standard InChI is InChI=1S/C10H12N2O/c13-11-12-8-4-7-10(12)9-5-2-1-3-6-9/h1-3,5-6,10H,4,7-8H2/t10-/m0/s1. The third-order valence-corrected chi connectivity index (χ3v) is 2.51. The monoisotopic (exact) mass is 176 g/mol. The Morgan fingerprint density at radius 3 is 2.77 bits per heavy atom. The van der Waals surface area contributed by atoms with Crippen LogP contribution in [0, 0.1) is 4.91 Å². The predicted octanol–water partition coefficient (Wildman–Crippen LogP) is 2.50. The van der Waals surface area contributed by atoms with Crippen molar-refractivity contribution >= 4 is 0 Å². The number of hydrogen-bond donors (Lipinski definition) is 0. The summed E-state index contributed by atoms with van der Waals surface area (Å²) in [6.45, 7) is 0.795. The Morgan fingerprint density at radius 2 is 2.08 bits per heavy atom. The van der Waals surface area contributed by atoms with Crippen molar-refractivity contribution in [3.63, 3.8) is 0 Å². The molecular formula is C10H12N2O. The van der Waals surface area contributed by atoms with Gasteiger partial charge in [-0.15, -0.1) is 4.91 Å². The molecule has 1 fully saturated rings. The van der Waals surface area contributed by atoms with Gasteiger partial charge in [0.1, 0.15) is 0 Å². The van der Waals surface area contributed by atoms with Crippen LogP contribution >= 0.6 is 0 Å². The van der Waals surface area contributed by atoms with Gasteiger partial charge in [0, 0.05) is 6.54 Å². The summed E-state index contributed by atoms with van der Waals surface area (Å²) in [6, 6.07) is 10.3. The smallest absolute Gasteiger partial charge is 0.0752 e. The lowest BCUT2D eigenvalue weighted by Gasteiger charge is -2.17. The minimum atomic E-state index is 0.207. The highest BCUT2D eigenvalue weighted by Crippen LogP contribution is 2.31. The Bertz CT molecular complexity index is 286. The highest BCUT2D eigenvalue weighted by molar-refractivity contribution is 5.19. The number of hydrogen-bond acceptors (Lipinski definition) is 2. The van der Waals surface area contributed by atoms with E-state index in [0.29, 0.717) is 0 Å². The van der Waals surface area contributed by atoms with Crippen LogP contribution in [0.3, 0.4) is 0 Å². The maximum Gasteiger partial charge on any atom is 0.0752 e. The van der Waals surface area contributed by atoms with Gasteiger partial charge in [-0.1, -0.05) is 30.3 Å². The highest BCUT2D eigenvalue weighted by Gasteiger charge is 2.25. The first-order chi connectivity index (χ1) is 6.42. The summed E-state index contributed by atoms with van der Waals surface area (Å²) in [5.41, 5.74) is 1.19. The topological polar surface area (TPSA) is 32.7 Å². The second-order valence-electron chi connectivity index (χ2n) is 3.31. The normalized spacial score (nSPS) is 21.8. The first kappa shape index (κ1) is 8.23. The lowest BCUT2D eigenvalue weighted by Crippen LogP contribution is -2.15. The van der Waals surface area contributed by atoms with E-state index in [2.05, 4.69) is 5.29 Å². The van der Waals surface area contributed by atoms with Crippen molar-refractivity contribution in [2.45, 2.75) is 18.9 Å². The van der Waals surface area contributed by atoms with Gasteiger partial charge in [0.05, 0.1) is 11.3 Å². The summed E-state index contributed by atoms with van der Waals surface area (Å²) < 4.78 is 0. The number of benzene rings is 1. The van der Waals surface area contributed by atoms with Crippen molar-refractivity contribution in [1.29, 1.82) is 0 Å². The van der Waals surface area contributed by atoms with Gasteiger partial charge in [0.25, 0.3) is 0 Å². The Balaban J connectivity index is 2.21. The molecule has 1 atom stereocenters. The number of nitroso groups, excluding NO2 is 1. The van der Waals surface area contributed by atoms with Crippen LogP contribution in [0.25, 0.3) is 0 Å². The van der Waals surface area contributed by atoms with Gasteiger partial charge in [-0.2, -0.15) is 0 Å². The molecule has 1 aliphatic heterocycles. The second-order valence-corrected chi connectivity index (χ2v) is 3.31. The molecule has 0 spiro atoms. The van der Waals surface area contributed by atoms with Crippen LogP contribution < -0.4 is 0 Å². The van der Waals surface area contributed by atoms with Gasteiger partial charge >= 0.3 is 0 Å². The van der Waals surface area contributed by atoms with Gasteiger partial charge in [-0.05, 0) is 18.4 Å². The summed E-state index contributed by atoms with van der Waals surface area (Å²) in [4.78, 5) is 10.5. The molecule has 0 N–H and O–H groups in total. The molecule has 0 radical (unpaired) electrons. The van der Waals surface area contributed by atoms with Crippen molar-refractivity contribution in [2.24, 2.45) is 5.29 Å². The van der Waals surface area contributed by atoms with Gasteiger partial charge in [-0.3, -0.25) is 5.01 Å². The Labute approximate surface area is 77.3 Å². The molecule has 3 nitrogen and oxygen atoms in total. The van der Waals surface area contributed by atoms with E-state index < -0.39 is 0 Å². The molecule has 1 aromatic carbocycles. The fourth-order valence-electron chi connectivity index (χ4n) is 1.86. The molecular weight excluding hydrogens is 164 g/mol. The maximum atomic E-state index is 10.5. The molecule has 0 aliphatic carbocycles. The fraction of sp³-hybridized carbons (Fsp3) is 0.400. The van der Waals surface area contributed by atoms with E-state index in [1.807, 2.05) is 30.3 Å². The minimum Gasteiger partial charge on any atom is -0.253 e. The summed E-state index contributed by atoms with van der Waals surface area (Å²) in [7, 11) is 0. The molecule has 0 unspecified atom stereocenters. The van der Waals surface area contributed by atoms with Crippen molar-refractivity contribution < 1.29 is 0 Å². The van der Waals surface area contributed by atoms with Crippen LogP contribution in [-0.4, -0.2) is 11.6 Å². The average molecular weight is 176 g/mol. The molecule has 0 saturated carbocycles. The Kier molecular flexibility index (Phi) is 2.25. The zero-order chi connectivity index (χ0) is 9.10. The molecule has 0 bridgehead atoms. The summed E-state index contributed by atoms with van der Waals surface area (Å²) in [5, 5.41) is 4.66. The molecule has 0 aromatic heterocycles. The van der Waals surface area contributed by atoms with Crippen LogP contribution in [0.4, 0.5) is 0 Å². The van der Waals surface area contributed by atoms with Gasteiger partial charge in [-0.25, -0.2) is 0 Å². The van der Waals surface area contributed by atoms with Crippen LogP contribution in [0.2, 0.25) is 0 Å². The van der Waals surface area contributed by atoms with Crippen LogP contribution in [0.1, 0.15) is 24.4 Å². The predicted molar refractivity (Wildman–Crippen MR) is 50.9 cm³/mol. The van der Waals surface area contributed by atoms with E-state index in [9.17, 15) is 4.91 Å². The second kappa shape index (κ2) is 3.56. The van der Waals surface area contributed by atoms with Crippen molar-refractivity contribution in [3.8, 4) is 0 Å². The SMILES string of the molecule is O=NN1CCC[C@H]1c1ccccc1. The third-order valence-electron chi connectivity index (χ3n) is 2.51. The van der Waals surface area contributed by atoms with Crippen molar-refractivity contribution in [1.82, 2.24) is 5.01 Å². The Hall–Kier alpha value is -1.38. The van der Waals surface area contributed by atoms with E-state index in [1.165, 1.54) is 5.56 Å². The zero-order valence-corrected chi connectivity index (χ0v) is 7.39. The van der Waals surface area contributed by atoms with Crippen molar-refractivity contribution in [3.05, 3.63) is 40.8 Å². The van der Waals surface area contributed by atoms with Crippen LogP contribution in [-0.2, 0) is 0 Å². The first-order valence-corrected chi connectivity index (χ1v) is 4.56. The molecule has 0 amide bonds. The average Bonchev–Trinajstić information content (AvgIpc) is 2.67. The highest BCUT2D eigenvalue weighted by atomic mass is 16.3. The number of rotatable bonds is 2. The van der Waals surface area contributed by atoms with Gasteiger partial charge in [0.2, 0.25) is 0 Å². The minimum absolute atomic E-state index is 0.207. The Morgan fingerprint density at radius 1 is 1.31 bits per heavy atom. The molecule has 1 heterocycles. The quantitative estimate of drug-likeness (QED) is 0.648. The van der Waals surface area contributed by atoms with Gasteiger partial charge in [0.15, 0.2) is 0 Å². The van der Waals surface area contributed by atoms with Crippen molar-refractivity contribution in [2.75, 3.05) is 6.54 Å². The first-order valence-electron chi connectivity index (χ1n) is 4.56. The fourth-order valence-corrected chi connectivity index (χ4v) is 1.86. The molecule has 13 heavy (non-hydrogen) atoms. The summed E-state index contributed by atoms with van der Waals surface area (Å²) >= 11 is 0. The van der Waals surface area contributed by atoms with Gasteiger partial charge < -0.3 is 0 Å². The molecule has 1 aromatic rings. The lowest BCUT2D eigenvalue weighted by molar-refractivity contribution is 0.267. The van der Waals surface area contributed by atoms with E-state index in [-0.39, 0.29) is 6.04 Å². The number of nitrogens with zero attached hydrogens (tertiary/aromatic N) is 2. The van der Waals surface area contributed by atoms with E-state index in [0.717, 1.165) is 19.4 Å². The van der Waals surface area contributed by atoms with Crippen LogP contribution in [0.5, 0.6) is 0 Å².